The van der Waals surface area contributed by atoms with Gasteiger partial charge in [-0.25, -0.2) is 4.98 Å². The topological polar surface area (TPSA) is 50.3 Å². The summed E-state index contributed by atoms with van der Waals surface area (Å²) in [6.45, 7) is 3.26. The summed E-state index contributed by atoms with van der Waals surface area (Å²) in [5, 5.41) is 0. The van der Waals surface area contributed by atoms with E-state index in [1.54, 1.807) is 0 Å². The highest BCUT2D eigenvalue weighted by molar-refractivity contribution is 4.98. The Morgan fingerprint density at radius 1 is 1.41 bits per heavy atom. The van der Waals surface area contributed by atoms with E-state index in [0.717, 1.165) is 31.9 Å². The van der Waals surface area contributed by atoms with Gasteiger partial charge in [-0.05, 0) is 14.1 Å². The Morgan fingerprint density at radius 2 is 2.18 bits per heavy atom. The first kappa shape index (κ1) is 12.5. The van der Waals surface area contributed by atoms with Gasteiger partial charge in [-0.2, -0.15) is 0 Å². The van der Waals surface area contributed by atoms with Crippen LogP contribution in [0.3, 0.4) is 0 Å². The molecule has 0 radical (unpaired) electrons. The highest BCUT2D eigenvalue weighted by Crippen LogP contribution is 2.11. The van der Waals surface area contributed by atoms with Crippen molar-refractivity contribution in [3.05, 3.63) is 18.2 Å². The summed E-state index contributed by atoms with van der Waals surface area (Å²) in [6, 6.07) is 0.564. The number of hydrogen-bond acceptors (Lipinski definition) is 4. The summed E-state index contributed by atoms with van der Waals surface area (Å²) in [6.07, 6.45) is 4.64. The molecule has 17 heavy (non-hydrogen) atoms. The molecule has 0 aromatic carbocycles. The molecular weight excluding hydrogens is 214 g/mol. The smallest absolute Gasteiger partial charge is 0.109 e. The summed E-state index contributed by atoms with van der Waals surface area (Å²) in [5.41, 5.74) is 6.34. The van der Waals surface area contributed by atoms with Crippen LogP contribution in [0.5, 0.6) is 0 Å². The fourth-order valence-electron chi connectivity index (χ4n) is 2.45. The lowest BCUT2D eigenvalue weighted by Gasteiger charge is -2.40. The van der Waals surface area contributed by atoms with Gasteiger partial charge in [0.25, 0.3) is 0 Å². The van der Waals surface area contributed by atoms with E-state index in [4.69, 9.17) is 5.73 Å². The number of hydrogen-bond donors (Lipinski definition) is 1. The lowest BCUT2D eigenvalue weighted by atomic mass is 10.0. The standard InChI is InChI=1S/C12H23N5/c1-15-6-7-16(2)11(9-15)10(13)8-12-14-4-5-17(12)3/h4-5,10-11H,6-9,13H2,1-3H3. The first-order chi connectivity index (χ1) is 8.08. The van der Waals surface area contributed by atoms with Gasteiger partial charge in [0.05, 0.1) is 0 Å². The predicted molar refractivity (Wildman–Crippen MR) is 68.8 cm³/mol. The molecule has 0 aliphatic carbocycles. The van der Waals surface area contributed by atoms with Crippen molar-refractivity contribution in [1.82, 2.24) is 19.4 Å². The third kappa shape index (κ3) is 2.86. The number of imidazole rings is 1. The van der Waals surface area contributed by atoms with E-state index in [0.29, 0.717) is 6.04 Å². The van der Waals surface area contributed by atoms with Crippen LogP contribution >= 0.6 is 0 Å². The zero-order chi connectivity index (χ0) is 12.4. The van der Waals surface area contributed by atoms with Gasteiger partial charge in [-0.1, -0.05) is 0 Å². The minimum atomic E-state index is 0.142. The first-order valence-electron chi connectivity index (χ1n) is 6.18. The Morgan fingerprint density at radius 3 is 2.82 bits per heavy atom. The van der Waals surface area contributed by atoms with Crippen LogP contribution in [0, 0.1) is 0 Å². The molecule has 96 valence electrons. The molecular formula is C12H23N5. The summed E-state index contributed by atoms with van der Waals surface area (Å²) in [5.74, 6) is 1.07. The van der Waals surface area contributed by atoms with Crippen molar-refractivity contribution in [2.75, 3.05) is 33.7 Å². The second-order valence-electron chi connectivity index (χ2n) is 5.13. The minimum absolute atomic E-state index is 0.142. The molecule has 1 aromatic rings. The molecule has 2 atom stereocenters. The van der Waals surface area contributed by atoms with Gasteiger partial charge in [0.15, 0.2) is 0 Å². The molecule has 0 bridgehead atoms. The largest absolute Gasteiger partial charge is 0.338 e. The molecule has 1 aromatic heterocycles. The average Bonchev–Trinajstić information content (AvgIpc) is 2.68. The van der Waals surface area contributed by atoms with E-state index >= 15 is 0 Å². The van der Waals surface area contributed by atoms with E-state index < -0.39 is 0 Å². The lowest BCUT2D eigenvalue weighted by Crippen LogP contribution is -2.58. The van der Waals surface area contributed by atoms with Crippen molar-refractivity contribution >= 4 is 0 Å². The molecule has 1 fully saturated rings. The number of rotatable bonds is 3. The average molecular weight is 237 g/mol. The Bertz CT molecular complexity index is 362. The SMILES string of the molecule is CN1CCN(C)C(C(N)Cc2nccn2C)C1. The van der Waals surface area contributed by atoms with Gasteiger partial charge in [0.1, 0.15) is 5.82 Å². The zero-order valence-electron chi connectivity index (χ0n) is 11.0. The van der Waals surface area contributed by atoms with E-state index in [9.17, 15) is 0 Å². The highest BCUT2D eigenvalue weighted by Gasteiger charge is 2.28. The van der Waals surface area contributed by atoms with Crippen LogP contribution in [0.25, 0.3) is 0 Å². The molecule has 2 unspecified atom stereocenters. The third-order valence-corrected chi connectivity index (χ3v) is 3.73. The van der Waals surface area contributed by atoms with E-state index in [1.807, 2.05) is 24.0 Å². The van der Waals surface area contributed by atoms with Crippen molar-refractivity contribution in [3.63, 3.8) is 0 Å². The summed E-state index contributed by atoms with van der Waals surface area (Å²) in [7, 11) is 6.34. The van der Waals surface area contributed by atoms with Crippen molar-refractivity contribution < 1.29 is 0 Å². The first-order valence-corrected chi connectivity index (χ1v) is 6.18. The van der Waals surface area contributed by atoms with E-state index in [2.05, 4.69) is 28.9 Å². The number of likely N-dealkylation sites (N-methyl/N-ethyl adjacent to an activating group) is 2. The van der Waals surface area contributed by atoms with Gasteiger partial charge < -0.3 is 15.2 Å². The van der Waals surface area contributed by atoms with Crippen LogP contribution in [-0.4, -0.2) is 65.2 Å². The van der Waals surface area contributed by atoms with Crippen molar-refractivity contribution in [2.24, 2.45) is 12.8 Å². The van der Waals surface area contributed by atoms with Crippen LogP contribution in [0.4, 0.5) is 0 Å². The maximum absolute atomic E-state index is 6.34. The number of piperazine rings is 1. The van der Waals surface area contributed by atoms with Crippen LogP contribution in [0.2, 0.25) is 0 Å². The van der Waals surface area contributed by atoms with Gasteiger partial charge in [-0.15, -0.1) is 0 Å². The molecule has 0 spiro atoms. The second-order valence-corrected chi connectivity index (χ2v) is 5.13. The molecule has 1 aliphatic rings. The van der Waals surface area contributed by atoms with Crippen LogP contribution < -0.4 is 5.73 Å². The highest BCUT2D eigenvalue weighted by atomic mass is 15.3. The molecule has 2 N–H and O–H groups in total. The van der Waals surface area contributed by atoms with E-state index in [1.165, 1.54) is 0 Å². The fraction of sp³-hybridized carbons (Fsp3) is 0.750. The monoisotopic (exact) mass is 237 g/mol. The number of aryl methyl sites for hydroxylation is 1. The Labute approximate surface area is 103 Å². The zero-order valence-corrected chi connectivity index (χ0v) is 11.0. The van der Waals surface area contributed by atoms with E-state index in [-0.39, 0.29) is 6.04 Å². The number of aromatic nitrogens is 2. The van der Waals surface area contributed by atoms with Crippen LogP contribution in [0.15, 0.2) is 12.4 Å². The summed E-state index contributed by atoms with van der Waals surface area (Å²) >= 11 is 0. The van der Waals surface area contributed by atoms with Crippen molar-refractivity contribution in [3.8, 4) is 0 Å². The molecule has 2 heterocycles. The second kappa shape index (κ2) is 5.16. The summed E-state index contributed by atoms with van der Waals surface area (Å²) < 4.78 is 2.05. The Kier molecular flexibility index (Phi) is 3.81. The molecule has 1 aliphatic heterocycles. The van der Waals surface area contributed by atoms with Gasteiger partial charge in [-0.3, -0.25) is 4.90 Å². The number of nitrogens with zero attached hydrogens (tertiary/aromatic N) is 4. The van der Waals surface area contributed by atoms with Gasteiger partial charge >= 0.3 is 0 Å². The summed E-state index contributed by atoms with van der Waals surface area (Å²) in [4.78, 5) is 9.06. The van der Waals surface area contributed by atoms with Crippen molar-refractivity contribution in [1.29, 1.82) is 0 Å². The van der Waals surface area contributed by atoms with Crippen molar-refractivity contribution in [2.45, 2.75) is 18.5 Å². The maximum Gasteiger partial charge on any atom is 0.109 e. The third-order valence-electron chi connectivity index (χ3n) is 3.73. The predicted octanol–water partition coefficient (Wildman–Crippen LogP) is -0.464. The quantitative estimate of drug-likeness (QED) is 0.772. The maximum atomic E-state index is 6.34. The minimum Gasteiger partial charge on any atom is -0.338 e. The lowest BCUT2D eigenvalue weighted by molar-refractivity contribution is 0.0967. The molecule has 2 rings (SSSR count). The van der Waals surface area contributed by atoms with Crippen LogP contribution in [0.1, 0.15) is 5.82 Å². The fourth-order valence-corrected chi connectivity index (χ4v) is 2.45. The Balaban J connectivity index is 1.99. The van der Waals surface area contributed by atoms with Gasteiger partial charge in [0.2, 0.25) is 0 Å². The molecule has 0 saturated carbocycles. The number of nitrogens with two attached hydrogens (primary N) is 1. The molecule has 5 nitrogen and oxygen atoms in total. The Hall–Kier alpha value is -0.910. The normalized spacial score (nSPS) is 25.1. The molecule has 5 heteroatoms. The van der Waals surface area contributed by atoms with Gasteiger partial charge in [0, 0.05) is 57.6 Å². The van der Waals surface area contributed by atoms with Crippen LogP contribution in [-0.2, 0) is 13.5 Å². The molecule has 1 saturated heterocycles. The molecule has 0 amide bonds.